The van der Waals surface area contributed by atoms with Crippen molar-refractivity contribution in [1.29, 1.82) is 0 Å². The lowest BCUT2D eigenvalue weighted by Gasteiger charge is -2.05. The van der Waals surface area contributed by atoms with Gasteiger partial charge < -0.3 is 5.11 Å². The minimum absolute atomic E-state index is 0.244. The molecule has 0 amide bonds. The number of carboxylic acid groups (broad SMARTS) is 1. The highest BCUT2D eigenvalue weighted by Crippen LogP contribution is 2.24. The summed E-state index contributed by atoms with van der Waals surface area (Å²) in [6.07, 6.45) is 1.76. The fourth-order valence-electron chi connectivity index (χ4n) is 1.95. The molecule has 0 fully saturated rings. The molecule has 7 nitrogen and oxygen atoms in total. The number of nitrogens with zero attached hydrogens (tertiary/aromatic N) is 5. The predicted octanol–water partition coefficient (Wildman–Crippen LogP) is 1.60. The number of thioether (sulfide) groups is 1. The fraction of sp³-hybridized carbons (Fsp3) is 0.154. The molecule has 0 aliphatic rings. The van der Waals surface area contributed by atoms with Gasteiger partial charge in [0.15, 0.2) is 0 Å². The molecule has 8 heteroatoms. The van der Waals surface area contributed by atoms with Gasteiger partial charge in [-0.15, -0.1) is 5.10 Å². The van der Waals surface area contributed by atoms with Gasteiger partial charge in [-0.05, 0) is 28.1 Å². The summed E-state index contributed by atoms with van der Waals surface area (Å²) in [5, 5.41) is 21.4. The monoisotopic (exact) mass is 301 g/mol. The van der Waals surface area contributed by atoms with Gasteiger partial charge in [0.05, 0.1) is 5.52 Å². The molecule has 0 aliphatic carbocycles. The summed E-state index contributed by atoms with van der Waals surface area (Å²) in [4.78, 5) is 15.0. The van der Waals surface area contributed by atoms with E-state index in [4.69, 9.17) is 5.11 Å². The summed E-state index contributed by atoms with van der Waals surface area (Å²) in [5.41, 5.74) is 2.04. The van der Waals surface area contributed by atoms with Crippen molar-refractivity contribution in [3.05, 3.63) is 42.1 Å². The van der Waals surface area contributed by atoms with Crippen molar-refractivity contribution in [2.75, 3.05) is 0 Å². The number of hydrogen-bond donors (Lipinski definition) is 1. The first kappa shape index (κ1) is 13.5. The van der Waals surface area contributed by atoms with Crippen LogP contribution in [0.15, 0.2) is 41.7 Å². The molecule has 0 saturated carbocycles. The van der Waals surface area contributed by atoms with Crippen molar-refractivity contribution in [1.82, 2.24) is 25.2 Å². The maximum Gasteiger partial charge on any atom is 0.325 e. The SMILES string of the molecule is O=C(O)Cn1nnnc1SCc1ccnc2ccccc12. The van der Waals surface area contributed by atoms with E-state index in [0.717, 1.165) is 16.5 Å². The summed E-state index contributed by atoms with van der Waals surface area (Å²) in [5.74, 6) is -0.332. The third kappa shape index (κ3) is 3.00. The maximum absolute atomic E-state index is 10.7. The molecule has 2 heterocycles. The molecule has 1 aromatic carbocycles. The number of para-hydroxylation sites is 1. The fourth-order valence-corrected chi connectivity index (χ4v) is 2.83. The first-order valence-electron chi connectivity index (χ1n) is 6.17. The van der Waals surface area contributed by atoms with Gasteiger partial charge in [0.2, 0.25) is 5.16 Å². The molecule has 0 radical (unpaired) electrons. The van der Waals surface area contributed by atoms with E-state index in [1.807, 2.05) is 30.3 Å². The zero-order chi connectivity index (χ0) is 14.7. The van der Waals surface area contributed by atoms with E-state index < -0.39 is 5.97 Å². The number of benzene rings is 1. The number of rotatable bonds is 5. The molecule has 0 aliphatic heterocycles. The Morgan fingerprint density at radius 1 is 1.29 bits per heavy atom. The average Bonchev–Trinajstić information content (AvgIpc) is 2.91. The van der Waals surface area contributed by atoms with Gasteiger partial charge >= 0.3 is 5.97 Å². The van der Waals surface area contributed by atoms with Gasteiger partial charge in [0, 0.05) is 17.3 Å². The highest BCUT2D eigenvalue weighted by molar-refractivity contribution is 7.98. The number of pyridine rings is 1. The van der Waals surface area contributed by atoms with Gasteiger partial charge in [0.25, 0.3) is 0 Å². The molecule has 1 N–H and O–H groups in total. The van der Waals surface area contributed by atoms with Crippen LogP contribution in [0.1, 0.15) is 5.56 Å². The van der Waals surface area contributed by atoms with E-state index in [-0.39, 0.29) is 6.54 Å². The minimum Gasteiger partial charge on any atom is -0.480 e. The molecule has 0 unspecified atom stereocenters. The Bertz CT molecular complexity index is 784. The van der Waals surface area contributed by atoms with E-state index in [9.17, 15) is 4.79 Å². The van der Waals surface area contributed by atoms with E-state index in [1.165, 1.54) is 16.4 Å². The Kier molecular flexibility index (Phi) is 3.78. The van der Waals surface area contributed by atoms with Crippen LogP contribution in [0, 0.1) is 0 Å². The molecule has 0 saturated heterocycles. The maximum atomic E-state index is 10.7. The van der Waals surface area contributed by atoms with Crippen LogP contribution in [0.4, 0.5) is 0 Å². The van der Waals surface area contributed by atoms with Gasteiger partial charge in [-0.25, -0.2) is 4.68 Å². The van der Waals surface area contributed by atoms with Crippen LogP contribution in [-0.2, 0) is 17.1 Å². The third-order valence-electron chi connectivity index (χ3n) is 2.88. The Morgan fingerprint density at radius 3 is 3.00 bits per heavy atom. The van der Waals surface area contributed by atoms with Crippen molar-refractivity contribution in [3.8, 4) is 0 Å². The standard InChI is InChI=1S/C13H11N5O2S/c19-12(20)7-18-13(15-16-17-18)21-8-9-5-6-14-11-4-2-1-3-10(9)11/h1-6H,7-8H2,(H,19,20). The van der Waals surface area contributed by atoms with E-state index in [1.54, 1.807) is 6.20 Å². The molecular weight excluding hydrogens is 290 g/mol. The van der Waals surface area contributed by atoms with Crippen LogP contribution in [0.3, 0.4) is 0 Å². The smallest absolute Gasteiger partial charge is 0.325 e. The second-order valence-electron chi connectivity index (χ2n) is 4.29. The van der Waals surface area contributed by atoms with E-state index in [0.29, 0.717) is 10.9 Å². The number of hydrogen-bond acceptors (Lipinski definition) is 6. The average molecular weight is 301 g/mol. The lowest BCUT2D eigenvalue weighted by Crippen LogP contribution is -2.11. The lowest BCUT2D eigenvalue weighted by molar-refractivity contribution is -0.138. The number of carboxylic acids is 1. The van der Waals surface area contributed by atoms with Crippen LogP contribution in [0.2, 0.25) is 0 Å². The molecular formula is C13H11N5O2S. The summed E-state index contributed by atoms with van der Waals surface area (Å²) in [6.45, 7) is -0.244. The molecule has 0 atom stereocenters. The molecule has 0 spiro atoms. The number of aliphatic carboxylic acids is 1. The number of aromatic nitrogens is 5. The molecule has 0 bridgehead atoms. The predicted molar refractivity (Wildman–Crippen MR) is 76.8 cm³/mol. The highest BCUT2D eigenvalue weighted by Gasteiger charge is 2.11. The second kappa shape index (κ2) is 5.88. The Morgan fingerprint density at radius 2 is 2.14 bits per heavy atom. The zero-order valence-electron chi connectivity index (χ0n) is 10.9. The largest absolute Gasteiger partial charge is 0.480 e. The highest BCUT2D eigenvalue weighted by atomic mass is 32.2. The number of fused-ring (bicyclic) bond motifs is 1. The molecule has 21 heavy (non-hydrogen) atoms. The molecule has 2 aromatic heterocycles. The van der Waals surface area contributed by atoms with Crippen LogP contribution < -0.4 is 0 Å². The lowest BCUT2D eigenvalue weighted by atomic mass is 10.1. The van der Waals surface area contributed by atoms with Crippen molar-refractivity contribution < 1.29 is 9.90 Å². The Labute approximate surface area is 124 Å². The summed E-state index contributed by atoms with van der Waals surface area (Å²) >= 11 is 1.40. The topological polar surface area (TPSA) is 93.8 Å². The van der Waals surface area contributed by atoms with E-state index in [2.05, 4.69) is 20.5 Å². The van der Waals surface area contributed by atoms with Crippen LogP contribution in [0.25, 0.3) is 10.9 Å². The second-order valence-corrected chi connectivity index (χ2v) is 5.23. The van der Waals surface area contributed by atoms with Crippen LogP contribution in [-0.4, -0.2) is 36.3 Å². The summed E-state index contributed by atoms with van der Waals surface area (Å²) in [7, 11) is 0. The van der Waals surface area contributed by atoms with Crippen molar-refractivity contribution in [2.24, 2.45) is 0 Å². The number of tetrazole rings is 1. The third-order valence-corrected chi connectivity index (χ3v) is 3.89. The molecule has 3 rings (SSSR count). The zero-order valence-corrected chi connectivity index (χ0v) is 11.7. The van der Waals surface area contributed by atoms with Gasteiger partial charge in [-0.1, -0.05) is 30.0 Å². The molecule has 106 valence electrons. The first-order valence-corrected chi connectivity index (χ1v) is 7.16. The van der Waals surface area contributed by atoms with Crippen LogP contribution in [0.5, 0.6) is 0 Å². The minimum atomic E-state index is -0.974. The quantitative estimate of drug-likeness (QED) is 0.715. The first-order chi connectivity index (χ1) is 10.2. The summed E-state index contributed by atoms with van der Waals surface area (Å²) < 4.78 is 1.27. The Hall–Kier alpha value is -2.48. The summed E-state index contributed by atoms with van der Waals surface area (Å²) in [6, 6.07) is 9.82. The van der Waals surface area contributed by atoms with Crippen LogP contribution >= 0.6 is 11.8 Å². The Balaban J connectivity index is 1.81. The van der Waals surface area contributed by atoms with Crippen molar-refractivity contribution >= 4 is 28.6 Å². The van der Waals surface area contributed by atoms with Crippen molar-refractivity contribution in [2.45, 2.75) is 17.5 Å². The normalized spacial score (nSPS) is 10.9. The van der Waals surface area contributed by atoms with Crippen molar-refractivity contribution in [3.63, 3.8) is 0 Å². The number of carbonyl (C=O) groups is 1. The molecule has 3 aromatic rings. The van der Waals surface area contributed by atoms with Gasteiger partial charge in [-0.3, -0.25) is 9.78 Å². The van der Waals surface area contributed by atoms with Gasteiger partial charge in [-0.2, -0.15) is 0 Å². The van der Waals surface area contributed by atoms with E-state index >= 15 is 0 Å². The van der Waals surface area contributed by atoms with Gasteiger partial charge in [0.1, 0.15) is 6.54 Å².